The largest absolute Gasteiger partial charge is 0.497 e. The van der Waals surface area contributed by atoms with Crippen molar-refractivity contribution in [1.29, 1.82) is 5.26 Å². The predicted octanol–water partition coefficient (Wildman–Crippen LogP) is 3.34. The van der Waals surface area contributed by atoms with Crippen LogP contribution in [0.2, 0.25) is 0 Å². The molecule has 0 fully saturated rings. The van der Waals surface area contributed by atoms with E-state index in [9.17, 15) is 18.5 Å². The summed E-state index contributed by atoms with van der Waals surface area (Å²) < 4.78 is 39.2. The van der Waals surface area contributed by atoms with Gasteiger partial charge in [0.15, 0.2) is 0 Å². The third-order valence-electron chi connectivity index (χ3n) is 4.39. The van der Waals surface area contributed by atoms with Crippen LogP contribution >= 0.6 is 11.3 Å². The number of hydrogen-bond donors (Lipinski definition) is 1. The molecule has 10 nitrogen and oxygen atoms in total. The molecule has 3 rings (SSSR count). The molecule has 0 aliphatic rings. The predicted molar refractivity (Wildman–Crippen MR) is 130 cm³/mol. The molecule has 182 valence electrons. The Labute approximate surface area is 206 Å². The van der Waals surface area contributed by atoms with E-state index >= 15 is 0 Å². The third kappa shape index (κ3) is 7.80. The van der Waals surface area contributed by atoms with Crippen LogP contribution in [0.3, 0.4) is 0 Å². The Balaban J connectivity index is 1.48. The van der Waals surface area contributed by atoms with Crippen LogP contribution < -0.4 is 19.5 Å². The van der Waals surface area contributed by atoms with Crippen LogP contribution in [0.15, 0.2) is 58.4 Å². The van der Waals surface area contributed by atoms with Gasteiger partial charge in [-0.15, -0.1) is 10.2 Å². The first kappa shape index (κ1) is 25.7. The Kier molecular flexibility index (Phi) is 8.77. The van der Waals surface area contributed by atoms with Crippen molar-refractivity contribution in [3.63, 3.8) is 0 Å². The van der Waals surface area contributed by atoms with Crippen molar-refractivity contribution in [3.05, 3.63) is 59.7 Å². The Morgan fingerprint density at radius 2 is 1.60 bits per heavy atom. The fraction of sp³-hybridized carbons (Fsp3) is 0.217. The van der Waals surface area contributed by atoms with E-state index in [1.807, 2.05) is 30.3 Å². The van der Waals surface area contributed by atoms with Gasteiger partial charge in [-0.05, 0) is 48.0 Å². The molecule has 3 aromatic rings. The van der Waals surface area contributed by atoms with Gasteiger partial charge in [-0.25, -0.2) is 8.42 Å². The van der Waals surface area contributed by atoms with E-state index in [1.54, 1.807) is 31.4 Å². The summed E-state index contributed by atoms with van der Waals surface area (Å²) in [5.74, 6) is 1.43. The summed E-state index contributed by atoms with van der Waals surface area (Å²) in [6.45, 7) is 0.947. The van der Waals surface area contributed by atoms with Gasteiger partial charge in [0.2, 0.25) is 19.3 Å². The molecule has 0 unspecified atom stereocenters. The Bertz CT molecular complexity index is 1330. The molecular formula is C23H22N4O6S2. The monoisotopic (exact) mass is 514 g/mol. The fourth-order valence-electron chi connectivity index (χ4n) is 2.66. The fourth-order valence-corrected chi connectivity index (χ4v) is 4.16. The third-order valence-corrected chi connectivity index (χ3v) is 6.89. The summed E-state index contributed by atoms with van der Waals surface area (Å²) >= 11 is 0.706. The second-order valence-electron chi connectivity index (χ2n) is 7.06. The molecule has 0 spiro atoms. The van der Waals surface area contributed by atoms with Crippen LogP contribution in [0.25, 0.3) is 6.08 Å². The summed E-state index contributed by atoms with van der Waals surface area (Å²) in [7, 11) is -1.92. The zero-order valence-corrected chi connectivity index (χ0v) is 20.6. The zero-order chi connectivity index (χ0) is 25.3. The number of nitrogens with zero attached hydrogens (tertiary/aromatic N) is 3. The maximum atomic E-state index is 12.4. The van der Waals surface area contributed by atoms with Crippen LogP contribution in [0.5, 0.6) is 17.2 Å². The van der Waals surface area contributed by atoms with Gasteiger partial charge >= 0.3 is 0 Å². The summed E-state index contributed by atoms with van der Waals surface area (Å²) in [5, 5.41) is 18.8. The van der Waals surface area contributed by atoms with E-state index in [1.165, 1.54) is 6.08 Å². The smallest absolute Gasteiger partial charge is 0.268 e. The van der Waals surface area contributed by atoms with Gasteiger partial charge in [0, 0.05) is 12.7 Å². The molecule has 0 aliphatic heterocycles. The van der Waals surface area contributed by atoms with Crippen molar-refractivity contribution in [2.24, 2.45) is 0 Å². The molecule has 12 heteroatoms. The molecule has 1 aromatic heterocycles. The molecule has 0 radical (unpaired) electrons. The van der Waals surface area contributed by atoms with E-state index in [-0.39, 0.29) is 15.0 Å². The van der Waals surface area contributed by atoms with Gasteiger partial charge in [-0.3, -0.25) is 10.1 Å². The molecule has 1 heterocycles. The molecular weight excluding hydrogens is 492 g/mol. The summed E-state index contributed by atoms with van der Waals surface area (Å²) in [6.07, 6.45) is 3.07. The lowest BCUT2D eigenvalue weighted by atomic mass is 10.1. The molecule has 0 saturated heterocycles. The van der Waals surface area contributed by atoms with Crippen molar-refractivity contribution in [2.45, 2.75) is 10.8 Å². The number of amides is 1. The Morgan fingerprint density at radius 3 is 2.11 bits per heavy atom. The minimum Gasteiger partial charge on any atom is -0.497 e. The molecule has 0 aliphatic carbocycles. The Morgan fingerprint density at radius 1 is 1.03 bits per heavy atom. The summed E-state index contributed by atoms with van der Waals surface area (Å²) in [4.78, 5) is 12.4. The van der Waals surface area contributed by atoms with Crippen LogP contribution in [-0.4, -0.2) is 51.1 Å². The number of sulfone groups is 1. The number of rotatable bonds is 11. The van der Waals surface area contributed by atoms with E-state index in [4.69, 9.17) is 14.2 Å². The number of benzene rings is 2. The quantitative estimate of drug-likeness (QED) is 0.176. The van der Waals surface area contributed by atoms with E-state index < -0.39 is 15.7 Å². The average Bonchev–Trinajstić information content (AvgIpc) is 3.32. The first-order valence-electron chi connectivity index (χ1n) is 10.2. The number of aromatic nitrogens is 2. The van der Waals surface area contributed by atoms with E-state index in [2.05, 4.69) is 15.5 Å². The van der Waals surface area contributed by atoms with Gasteiger partial charge in [0.1, 0.15) is 28.9 Å². The van der Waals surface area contributed by atoms with Crippen LogP contribution in [0, 0.1) is 11.3 Å². The van der Waals surface area contributed by atoms with Gasteiger partial charge in [0.25, 0.3) is 5.91 Å². The maximum absolute atomic E-state index is 12.4. The minimum absolute atomic E-state index is 0.0173. The standard InChI is InChI=1S/C23H22N4O6S2/c1-31-18-8-10-20(11-9-18)33-13-3-12-32-19-6-4-16(5-7-19)14-17(15-24)21(28)25-22-26-27-23(34-22)35(2,29)30/h4-11,14H,3,12-13H2,1-2H3,(H,25,26,28). The van der Waals surface area contributed by atoms with Crippen molar-refractivity contribution in [1.82, 2.24) is 10.2 Å². The lowest BCUT2D eigenvalue weighted by Crippen LogP contribution is -2.13. The van der Waals surface area contributed by atoms with E-state index in [0.717, 1.165) is 17.8 Å². The van der Waals surface area contributed by atoms with Crippen molar-refractivity contribution in [3.8, 4) is 23.3 Å². The topological polar surface area (TPSA) is 140 Å². The molecule has 2 aromatic carbocycles. The SMILES string of the molecule is COc1ccc(OCCCOc2ccc(C=C(C#N)C(=O)Nc3nnc(S(C)(=O)=O)s3)cc2)cc1. The normalized spacial score (nSPS) is 11.4. The molecule has 0 atom stereocenters. The number of carbonyl (C=O) groups excluding carboxylic acids is 1. The first-order valence-corrected chi connectivity index (χ1v) is 13.0. The van der Waals surface area contributed by atoms with Crippen LogP contribution in [0.4, 0.5) is 5.13 Å². The summed E-state index contributed by atoms with van der Waals surface area (Å²) in [6, 6.07) is 16.0. The minimum atomic E-state index is -3.53. The molecule has 0 saturated carbocycles. The molecule has 1 N–H and O–H groups in total. The van der Waals surface area contributed by atoms with Gasteiger partial charge in [0.05, 0.1) is 20.3 Å². The lowest BCUT2D eigenvalue weighted by Gasteiger charge is -2.09. The highest BCUT2D eigenvalue weighted by Gasteiger charge is 2.17. The highest BCUT2D eigenvalue weighted by atomic mass is 32.2. The second-order valence-corrected chi connectivity index (χ2v) is 10.2. The van der Waals surface area contributed by atoms with Crippen molar-refractivity contribution in [2.75, 3.05) is 31.9 Å². The first-order chi connectivity index (χ1) is 16.8. The molecule has 1 amide bonds. The zero-order valence-electron chi connectivity index (χ0n) is 18.9. The molecule has 35 heavy (non-hydrogen) atoms. The summed E-state index contributed by atoms with van der Waals surface area (Å²) in [5.41, 5.74) is 0.437. The van der Waals surface area contributed by atoms with Crippen molar-refractivity contribution >= 4 is 38.3 Å². The van der Waals surface area contributed by atoms with Gasteiger partial charge < -0.3 is 14.2 Å². The van der Waals surface area contributed by atoms with Crippen LogP contribution in [-0.2, 0) is 14.6 Å². The number of anilines is 1. The van der Waals surface area contributed by atoms with Crippen molar-refractivity contribution < 1.29 is 27.4 Å². The molecule has 0 bridgehead atoms. The highest BCUT2D eigenvalue weighted by Crippen LogP contribution is 2.21. The lowest BCUT2D eigenvalue weighted by molar-refractivity contribution is -0.112. The number of ether oxygens (including phenoxy) is 3. The number of methoxy groups -OCH3 is 1. The highest BCUT2D eigenvalue weighted by molar-refractivity contribution is 7.92. The number of carbonyl (C=O) groups is 1. The number of nitrogens with one attached hydrogen (secondary N) is 1. The van der Waals surface area contributed by atoms with Crippen LogP contribution in [0.1, 0.15) is 12.0 Å². The van der Waals surface area contributed by atoms with Gasteiger partial charge in [-0.2, -0.15) is 5.26 Å². The number of nitriles is 1. The van der Waals surface area contributed by atoms with E-state index in [0.29, 0.717) is 42.3 Å². The Hall–Kier alpha value is -3.95. The second kappa shape index (κ2) is 12.0. The maximum Gasteiger partial charge on any atom is 0.268 e. The number of hydrogen-bond acceptors (Lipinski definition) is 10. The average molecular weight is 515 g/mol. The van der Waals surface area contributed by atoms with Gasteiger partial charge in [-0.1, -0.05) is 23.5 Å².